The lowest BCUT2D eigenvalue weighted by Gasteiger charge is -2.22. The van der Waals surface area contributed by atoms with Gasteiger partial charge in [-0.3, -0.25) is 9.98 Å². The fraction of sp³-hybridized carbons (Fsp3) is 0.200. The Morgan fingerprint density at radius 3 is 3.00 bits per heavy atom. The summed E-state index contributed by atoms with van der Waals surface area (Å²) < 4.78 is 24.2. The molecule has 0 spiro atoms. The van der Waals surface area contributed by atoms with Gasteiger partial charge in [0.05, 0.1) is 29.2 Å². The van der Waals surface area contributed by atoms with Gasteiger partial charge in [0, 0.05) is 4.91 Å². The van der Waals surface area contributed by atoms with E-state index in [1.807, 2.05) is 18.2 Å². The number of fused-ring (bicyclic) bond motifs is 2. The summed E-state index contributed by atoms with van der Waals surface area (Å²) in [6.45, 7) is 0.780. The molecule has 8 heteroatoms. The zero-order valence-corrected chi connectivity index (χ0v) is 16.1. The minimum absolute atomic E-state index is 0.0133. The average Bonchev–Trinajstić information content (AvgIpc) is 3.34. The summed E-state index contributed by atoms with van der Waals surface area (Å²) in [5.41, 5.74) is 1.93. The van der Waals surface area contributed by atoms with Crippen LogP contribution in [-0.4, -0.2) is 30.3 Å². The molecule has 2 atom stereocenters. The number of benzene rings is 2. The summed E-state index contributed by atoms with van der Waals surface area (Å²) in [7, 11) is 0. The molecule has 0 amide bonds. The van der Waals surface area contributed by atoms with E-state index in [4.69, 9.17) is 26.1 Å². The van der Waals surface area contributed by atoms with Crippen LogP contribution in [0.5, 0.6) is 11.5 Å². The van der Waals surface area contributed by atoms with Gasteiger partial charge in [-0.1, -0.05) is 23.7 Å². The average molecular weight is 416 g/mol. The van der Waals surface area contributed by atoms with E-state index in [1.54, 1.807) is 30.2 Å². The maximum absolute atomic E-state index is 13.5. The molecular weight excluding hydrogens is 401 g/mol. The number of aliphatic imine (C=N–C) groups is 2. The maximum atomic E-state index is 13.5. The quantitative estimate of drug-likeness (QED) is 0.813. The standard InChI is InChI=1S/C20H15ClFN3O2S/c21-13-6-12(2-3-14(13)22)18-7-15-19(28-18)20(25-9-24-15)23-8-11-1-4-16-17(5-11)27-10-26-16/h1-7,9,15,19H,8,10H2,(H,23,24,25). The van der Waals surface area contributed by atoms with Crippen molar-refractivity contribution in [3.8, 4) is 11.5 Å². The van der Waals surface area contributed by atoms with Gasteiger partial charge < -0.3 is 14.8 Å². The zero-order chi connectivity index (χ0) is 19.1. The molecule has 0 radical (unpaired) electrons. The Morgan fingerprint density at radius 1 is 1.21 bits per heavy atom. The summed E-state index contributed by atoms with van der Waals surface area (Å²) in [5.74, 6) is 1.96. The van der Waals surface area contributed by atoms with Crippen LogP contribution in [0, 0.1) is 5.82 Å². The summed E-state index contributed by atoms with van der Waals surface area (Å²) in [6, 6.07) is 10.6. The molecule has 1 N–H and O–H groups in total. The molecular formula is C20H15ClFN3O2S. The number of nitrogens with zero attached hydrogens (tertiary/aromatic N) is 2. The van der Waals surface area contributed by atoms with E-state index < -0.39 is 5.82 Å². The van der Waals surface area contributed by atoms with Crippen molar-refractivity contribution in [3.63, 3.8) is 0 Å². The third kappa shape index (κ3) is 3.25. The van der Waals surface area contributed by atoms with Crippen LogP contribution in [0.3, 0.4) is 0 Å². The Labute approximate surface area is 170 Å². The van der Waals surface area contributed by atoms with Gasteiger partial charge in [0.15, 0.2) is 11.5 Å². The van der Waals surface area contributed by atoms with E-state index in [1.165, 1.54) is 6.07 Å². The topological polar surface area (TPSA) is 55.2 Å². The van der Waals surface area contributed by atoms with Crippen molar-refractivity contribution in [2.75, 3.05) is 6.79 Å². The number of halogens is 2. The Kier molecular flexibility index (Phi) is 4.49. The number of thioether (sulfide) groups is 1. The maximum Gasteiger partial charge on any atom is 0.231 e. The summed E-state index contributed by atoms with van der Waals surface area (Å²) in [4.78, 5) is 10.3. The number of nitrogens with one attached hydrogen (secondary N) is 1. The number of hydrogen-bond donors (Lipinski definition) is 1. The van der Waals surface area contributed by atoms with Crippen LogP contribution in [-0.2, 0) is 6.54 Å². The lowest BCUT2D eigenvalue weighted by Crippen LogP contribution is -2.41. The zero-order valence-electron chi connectivity index (χ0n) is 14.6. The Bertz CT molecular complexity index is 1040. The summed E-state index contributed by atoms with van der Waals surface area (Å²) >= 11 is 7.59. The van der Waals surface area contributed by atoms with Gasteiger partial charge in [-0.2, -0.15) is 0 Å². The Balaban J connectivity index is 1.34. The molecule has 142 valence electrons. The van der Waals surface area contributed by atoms with E-state index in [0.717, 1.165) is 33.4 Å². The second kappa shape index (κ2) is 7.14. The van der Waals surface area contributed by atoms with Gasteiger partial charge in [0.1, 0.15) is 11.7 Å². The van der Waals surface area contributed by atoms with Crippen molar-refractivity contribution in [1.29, 1.82) is 0 Å². The molecule has 5 rings (SSSR count). The normalized spacial score (nSPS) is 23.5. The lowest BCUT2D eigenvalue weighted by atomic mass is 10.1. The van der Waals surface area contributed by atoms with Crippen LogP contribution in [0.15, 0.2) is 52.5 Å². The smallest absolute Gasteiger partial charge is 0.231 e. The summed E-state index contributed by atoms with van der Waals surface area (Å²) in [6.07, 6.45) is 3.75. The van der Waals surface area contributed by atoms with Gasteiger partial charge in [0.2, 0.25) is 6.79 Å². The summed E-state index contributed by atoms with van der Waals surface area (Å²) in [5, 5.41) is 3.34. The van der Waals surface area contributed by atoms with Gasteiger partial charge in [-0.05, 0) is 41.5 Å². The van der Waals surface area contributed by atoms with Crippen LogP contribution >= 0.6 is 23.4 Å². The van der Waals surface area contributed by atoms with Crippen molar-refractivity contribution in [2.45, 2.75) is 17.8 Å². The molecule has 0 bridgehead atoms. The minimum Gasteiger partial charge on any atom is -0.454 e. The molecule has 2 aromatic rings. The Hall–Kier alpha value is -2.51. The first-order chi connectivity index (χ1) is 13.7. The second-order valence-electron chi connectivity index (χ2n) is 6.50. The van der Waals surface area contributed by atoms with Gasteiger partial charge >= 0.3 is 0 Å². The Morgan fingerprint density at radius 2 is 2.11 bits per heavy atom. The third-order valence-corrected chi connectivity index (χ3v) is 6.36. The van der Waals surface area contributed by atoms with E-state index in [0.29, 0.717) is 6.54 Å². The van der Waals surface area contributed by atoms with Crippen molar-refractivity contribution < 1.29 is 13.9 Å². The van der Waals surface area contributed by atoms with Crippen LogP contribution in [0.1, 0.15) is 11.1 Å². The van der Waals surface area contributed by atoms with Crippen molar-refractivity contribution in [2.24, 2.45) is 9.98 Å². The molecule has 0 aliphatic carbocycles. The largest absolute Gasteiger partial charge is 0.454 e. The molecule has 28 heavy (non-hydrogen) atoms. The molecule has 3 aliphatic heterocycles. The lowest BCUT2D eigenvalue weighted by molar-refractivity contribution is 0.174. The first-order valence-electron chi connectivity index (χ1n) is 8.72. The fourth-order valence-electron chi connectivity index (χ4n) is 3.26. The highest BCUT2D eigenvalue weighted by atomic mass is 35.5. The molecule has 3 heterocycles. The second-order valence-corrected chi connectivity index (χ2v) is 8.09. The van der Waals surface area contributed by atoms with E-state index in [9.17, 15) is 4.39 Å². The number of rotatable bonds is 3. The molecule has 5 nitrogen and oxygen atoms in total. The number of amidine groups is 1. The van der Waals surface area contributed by atoms with Gasteiger partial charge in [-0.15, -0.1) is 11.8 Å². The number of hydrogen-bond acceptors (Lipinski definition) is 5. The monoisotopic (exact) mass is 415 g/mol. The third-order valence-electron chi connectivity index (χ3n) is 4.69. The minimum atomic E-state index is -0.419. The highest BCUT2D eigenvalue weighted by Gasteiger charge is 2.34. The van der Waals surface area contributed by atoms with E-state index in [2.05, 4.69) is 16.4 Å². The molecule has 0 aromatic heterocycles. The molecule has 0 saturated carbocycles. The molecule has 2 aromatic carbocycles. The molecule has 3 aliphatic rings. The first-order valence-corrected chi connectivity index (χ1v) is 9.98. The van der Waals surface area contributed by atoms with Crippen LogP contribution < -0.4 is 14.8 Å². The van der Waals surface area contributed by atoms with Crippen LogP contribution in [0.4, 0.5) is 4.39 Å². The highest BCUT2D eigenvalue weighted by Crippen LogP contribution is 2.42. The van der Waals surface area contributed by atoms with Crippen LogP contribution in [0.2, 0.25) is 5.02 Å². The van der Waals surface area contributed by atoms with E-state index in [-0.39, 0.29) is 23.1 Å². The van der Waals surface area contributed by atoms with Gasteiger partial charge in [-0.25, -0.2) is 4.39 Å². The SMILES string of the molecule is Fc1ccc(C2=CC3N=CNC(=NCc4ccc5c(c4)OCO5)C3S2)cc1Cl. The predicted molar refractivity (Wildman–Crippen MR) is 110 cm³/mol. The predicted octanol–water partition coefficient (Wildman–Crippen LogP) is 4.26. The van der Waals surface area contributed by atoms with E-state index >= 15 is 0 Å². The highest BCUT2D eigenvalue weighted by molar-refractivity contribution is 8.09. The van der Waals surface area contributed by atoms with Crippen molar-refractivity contribution >= 4 is 40.4 Å². The van der Waals surface area contributed by atoms with Crippen LogP contribution in [0.25, 0.3) is 4.91 Å². The fourth-order valence-corrected chi connectivity index (χ4v) is 4.74. The van der Waals surface area contributed by atoms with Gasteiger partial charge in [0.25, 0.3) is 0 Å². The molecule has 0 fully saturated rings. The van der Waals surface area contributed by atoms with Crippen molar-refractivity contribution in [3.05, 3.63) is 64.4 Å². The molecule has 2 unspecified atom stereocenters. The van der Waals surface area contributed by atoms with Crippen molar-refractivity contribution in [1.82, 2.24) is 5.32 Å². The molecule has 0 saturated heterocycles. The number of ether oxygens (including phenoxy) is 2. The first kappa shape index (κ1) is 17.6.